The van der Waals surface area contributed by atoms with Crippen LogP contribution in [-0.2, 0) is 4.74 Å². The number of ether oxygens (including phenoxy) is 1. The number of aromatic hydroxyl groups is 1. The van der Waals surface area contributed by atoms with Gasteiger partial charge in [-0.25, -0.2) is 4.98 Å². The summed E-state index contributed by atoms with van der Waals surface area (Å²) in [6.45, 7) is 4.99. The zero-order valence-electron chi connectivity index (χ0n) is 12.2. The number of hydrogen-bond acceptors (Lipinski definition) is 6. The first kappa shape index (κ1) is 13.7. The molecule has 3 aromatic heterocycles. The molecule has 1 fully saturated rings. The van der Waals surface area contributed by atoms with Crippen molar-refractivity contribution in [1.82, 2.24) is 14.6 Å². The molecule has 1 aliphatic rings. The first-order valence-electron chi connectivity index (χ1n) is 7.25. The maximum absolute atomic E-state index is 10.6. The largest absolute Gasteiger partial charge is 0.492 e. The molecule has 22 heavy (non-hydrogen) atoms. The fraction of sp³-hybridized carbons (Fsp3) is 0.429. The normalized spacial score (nSPS) is 18.0. The minimum Gasteiger partial charge on any atom is -0.492 e. The molecule has 0 unspecified atom stereocenters. The number of rotatable bonds is 3. The van der Waals surface area contributed by atoms with E-state index < -0.39 is 0 Å². The van der Waals surface area contributed by atoms with Crippen molar-refractivity contribution in [3.8, 4) is 5.88 Å². The third kappa shape index (κ3) is 2.20. The predicted octanol–water partition coefficient (Wildman–Crippen LogP) is 0.402. The first-order chi connectivity index (χ1) is 10.7. The van der Waals surface area contributed by atoms with E-state index in [0.29, 0.717) is 24.0 Å². The topological polar surface area (TPSA) is 77.2 Å². The van der Waals surface area contributed by atoms with Crippen molar-refractivity contribution >= 4 is 16.3 Å². The minimum atomic E-state index is -0.0623. The lowest BCUT2D eigenvalue weighted by atomic mass is 10.1. The zero-order chi connectivity index (χ0) is 15.1. The van der Waals surface area contributed by atoms with Crippen molar-refractivity contribution in [2.24, 2.45) is 0 Å². The third-order valence-electron chi connectivity index (χ3n) is 3.94. The molecule has 7 nitrogen and oxygen atoms in total. The van der Waals surface area contributed by atoms with Gasteiger partial charge >= 0.3 is 0 Å². The Kier molecular flexibility index (Phi) is 3.36. The van der Waals surface area contributed by atoms with E-state index in [9.17, 15) is 5.11 Å². The summed E-state index contributed by atoms with van der Waals surface area (Å²) in [5.74, 6) is 1.65. The molecule has 1 saturated heterocycles. The summed E-state index contributed by atoms with van der Waals surface area (Å²) in [7, 11) is 0. The van der Waals surface area contributed by atoms with E-state index in [2.05, 4.69) is 10.1 Å². The smallest absolute Gasteiger partial charge is 0.235 e. The van der Waals surface area contributed by atoms with Crippen LogP contribution < -0.4 is 4.90 Å². The molecular weight excluding hydrogens is 304 g/mol. The van der Waals surface area contributed by atoms with E-state index in [1.807, 2.05) is 19.1 Å². The lowest BCUT2D eigenvalue weighted by Crippen LogP contribution is -3.14. The number of aryl methyl sites for hydroxylation is 1. The SMILES string of the molecule is Cc1nc2sc([C@@H](c3ccco3)[NH+]3CCOCC3)c(O)n2n1. The van der Waals surface area contributed by atoms with Crippen LogP contribution in [0.25, 0.3) is 4.96 Å². The van der Waals surface area contributed by atoms with Crippen LogP contribution in [0.15, 0.2) is 22.8 Å². The molecule has 0 aromatic carbocycles. The van der Waals surface area contributed by atoms with Crippen LogP contribution in [0.3, 0.4) is 0 Å². The number of thiazole rings is 1. The second-order valence-electron chi connectivity index (χ2n) is 5.36. The van der Waals surface area contributed by atoms with Gasteiger partial charge in [0.1, 0.15) is 23.8 Å². The number of furan rings is 1. The highest BCUT2D eigenvalue weighted by atomic mass is 32.1. The lowest BCUT2D eigenvalue weighted by molar-refractivity contribution is -0.933. The maximum Gasteiger partial charge on any atom is 0.235 e. The Labute approximate surface area is 130 Å². The molecule has 0 bridgehead atoms. The molecule has 0 amide bonds. The molecule has 4 rings (SSSR count). The number of nitrogens with one attached hydrogen (secondary N) is 1. The van der Waals surface area contributed by atoms with Gasteiger partial charge in [-0.1, -0.05) is 11.3 Å². The summed E-state index contributed by atoms with van der Waals surface area (Å²) in [6.07, 6.45) is 1.67. The number of quaternary nitrogens is 1. The Morgan fingerprint density at radius 1 is 1.41 bits per heavy atom. The molecular formula is C14H17N4O3S+. The molecule has 1 atom stereocenters. The first-order valence-corrected chi connectivity index (χ1v) is 8.06. The maximum atomic E-state index is 10.6. The standard InChI is InChI=1S/C14H16N4O3S/c1-9-15-14-18(16-9)13(19)12(22-14)11(10-3-2-6-21-10)17-4-7-20-8-5-17/h2-3,6,11,19H,4-5,7-8H2,1H3/p+1/t11-/m1/s1. The van der Waals surface area contributed by atoms with Crippen molar-refractivity contribution < 1.29 is 19.2 Å². The summed E-state index contributed by atoms with van der Waals surface area (Å²) in [6, 6.07) is 3.77. The van der Waals surface area contributed by atoms with Crippen LogP contribution >= 0.6 is 11.3 Å². The van der Waals surface area contributed by atoms with E-state index >= 15 is 0 Å². The molecule has 8 heteroatoms. The van der Waals surface area contributed by atoms with Crippen molar-refractivity contribution in [1.29, 1.82) is 0 Å². The van der Waals surface area contributed by atoms with Gasteiger partial charge in [0.05, 0.1) is 19.5 Å². The average molecular weight is 321 g/mol. The van der Waals surface area contributed by atoms with Crippen molar-refractivity contribution in [2.45, 2.75) is 13.0 Å². The van der Waals surface area contributed by atoms with Gasteiger partial charge in [-0.05, 0) is 19.1 Å². The van der Waals surface area contributed by atoms with Gasteiger partial charge in [-0.3, -0.25) is 0 Å². The van der Waals surface area contributed by atoms with Gasteiger partial charge in [0, 0.05) is 0 Å². The predicted molar refractivity (Wildman–Crippen MR) is 79.3 cm³/mol. The van der Waals surface area contributed by atoms with E-state index in [-0.39, 0.29) is 11.9 Å². The number of hydrogen-bond donors (Lipinski definition) is 2. The molecule has 2 N–H and O–H groups in total. The Bertz CT molecular complexity index is 774. The number of nitrogens with zero attached hydrogens (tertiary/aromatic N) is 3. The van der Waals surface area contributed by atoms with Gasteiger partial charge in [0.25, 0.3) is 0 Å². The molecule has 0 spiro atoms. The van der Waals surface area contributed by atoms with Gasteiger partial charge in [-0.15, -0.1) is 5.10 Å². The molecule has 3 aromatic rings. The Morgan fingerprint density at radius 3 is 2.91 bits per heavy atom. The van der Waals surface area contributed by atoms with Gasteiger partial charge in [0.15, 0.2) is 11.8 Å². The van der Waals surface area contributed by atoms with E-state index in [4.69, 9.17) is 9.15 Å². The number of aromatic nitrogens is 3. The van der Waals surface area contributed by atoms with Crippen molar-refractivity contribution in [3.05, 3.63) is 34.9 Å². The fourth-order valence-corrected chi connectivity index (χ4v) is 4.10. The summed E-state index contributed by atoms with van der Waals surface area (Å²) in [5.41, 5.74) is 0. The van der Waals surface area contributed by atoms with E-state index in [0.717, 1.165) is 23.7 Å². The average Bonchev–Trinajstić information content (AvgIpc) is 3.22. The van der Waals surface area contributed by atoms with E-state index in [1.165, 1.54) is 20.8 Å². The zero-order valence-corrected chi connectivity index (χ0v) is 13.0. The van der Waals surface area contributed by atoms with Crippen LogP contribution in [-0.4, -0.2) is 46.0 Å². The van der Waals surface area contributed by atoms with Crippen LogP contribution in [0.5, 0.6) is 5.88 Å². The van der Waals surface area contributed by atoms with Crippen LogP contribution in [0.2, 0.25) is 0 Å². The van der Waals surface area contributed by atoms with Gasteiger partial charge in [-0.2, -0.15) is 4.52 Å². The summed E-state index contributed by atoms with van der Waals surface area (Å²) in [5, 5.41) is 14.8. The lowest BCUT2D eigenvalue weighted by Gasteiger charge is -2.29. The fourth-order valence-electron chi connectivity index (χ4n) is 2.93. The van der Waals surface area contributed by atoms with Crippen LogP contribution in [0.4, 0.5) is 0 Å². The van der Waals surface area contributed by atoms with E-state index in [1.54, 1.807) is 6.26 Å². The summed E-state index contributed by atoms with van der Waals surface area (Å²) >= 11 is 1.46. The second-order valence-corrected chi connectivity index (χ2v) is 6.37. The second kappa shape index (κ2) is 5.38. The van der Waals surface area contributed by atoms with Crippen molar-refractivity contribution in [2.75, 3.05) is 26.3 Å². The molecule has 0 saturated carbocycles. The van der Waals surface area contributed by atoms with Gasteiger partial charge < -0.3 is 19.2 Å². The van der Waals surface area contributed by atoms with Gasteiger partial charge in [0.2, 0.25) is 10.8 Å². The Morgan fingerprint density at radius 2 is 2.23 bits per heavy atom. The molecule has 0 aliphatic carbocycles. The highest BCUT2D eigenvalue weighted by Crippen LogP contribution is 2.35. The van der Waals surface area contributed by atoms with Crippen molar-refractivity contribution in [3.63, 3.8) is 0 Å². The summed E-state index contributed by atoms with van der Waals surface area (Å²) in [4.78, 5) is 7.20. The number of morpholine rings is 1. The Balaban J connectivity index is 1.81. The molecule has 4 heterocycles. The third-order valence-corrected chi connectivity index (χ3v) is 5.02. The minimum absolute atomic E-state index is 0.0623. The summed E-state index contributed by atoms with van der Waals surface area (Å²) < 4.78 is 12.6. The van der Waals surface area contributed by atoms with Crippen LogP contribution in [0, 0.1) is 6.92 Å². The number of fused-ring (bicyclic) bond motifs is 1. The van der Waals surface area contributed by atoms with Crippen LogP contribution in [0.1, 0.15) is 22.5 Å². The monoisotopic (exact) mass is 321 g/mol. The highest BCUT2D eigenvalue weighted by molar-refractivity contribution is 7.17. The molecule has 1 aliphatic heterocycles. The highest BCUT2D eigenvalue weighted by Gasteiger charge is 2.35. The molecule has 116 valence electrons. The Hall–Kier alpha value is -1.90. The molecule has 0 radical (unpaired) electrons. The quantitative estimate of drug-likeness (QED) is 0.730.